The molecule has 0 unspecified atom stereocenters. The third kappa shape index (κ3) is 4.42. The molecule has 0 aliphatic heterocycles. The topological polar surface area (TPSA) is 96.6 Å². The highest BCUT2D eigenvalue weighted by atomic mass is 32.2. The van der Waals surface area contributed by atoms with Crippen LogP contribution in [0.25, 0.3) is 0 Å². The molecule has 7 heteroatoms. The average Bonchev–Trinajstić information content (AvgIpc) is 3.43. The second-order valence-electron chi connectivity index (χ2n) is 6.62. The summed E-state index contributed by atoms with van der Waals surface area (Å²) in [6, 6.07) is 17.1. The average molecular weight is 372 g/mol. The fourth-order valence-electron chi connectivity index (χ4n) is 3.00. The smallest absolute Gasteiger partial charge is 0.238 e. The van der Waals surface area contributed by atoms with Crippen molar-refractivity contribution in [2.24, 2.45) is 10.1 Å². The molecular weight excluding hydrogens is 348 g/mol. The monoisotopic (exact) mass is 372 g/mol. The molecule has 0 atom stereocenters. The number of benzene rings is 2. The van der Waals surface area contributed by atoms with Gasteiger partial charge in [-0.1, -0.05) is 42.5 Å². The van der Waals surface area contributed by atoms with Crippen molar-refractivity contribution >= 4 is 16.0 Å². The molecular formula is C19H24N4O2S. The lowest BCUT2D eigenvalue weighted by Gasteiger charge is -2.19. The zero-order valence-corrected chi connectivity index (χ0v) is 15.6. The minimum atomic E-state index is -3.70. The lowest BCUT2D eigenvalue weighted by atomic mass is 9.96. The van der Waals surface area contributed by atoms with Gasteiger partial charge in [0.25, 0.3) is 0 Å². The van der Waals surface area contributed by atoms with Crippen LogP contribution in [0.15, 0.2) is 64.5 Å². The van der Waals surface area contributed by atoms with E-state index in [2.05, 4.69) is 39.9 Å². The Balaban J connectivity index is 1.58. The summed E-state index contributed by atoms with van der Waals surface area (Å²) in [5.41, 5.74) is 2.36. The number of hydrogen-bond donors (Lipinski definition) is 3. The van der Waals surface area contributed by atoms with Crippen LogP contribution < -0.4 is 15.8 Å². The van der Waals surface area contributed by atoms with Crippen molar-refractivity contribution in [3.63, 3.8) is 0 Å². The quantitative estimate of drug-likeness (QED) is 0.531. The van der Waals surface area contributed by atoms with Gasteiger partial charge in [0.1, 0.15) is 0 Å². The molecule has 0 spiro atoms. The summed E-state index contributed by atoms with van der Waals surface area (Å²) in [6.45, 7) is 1.27. The van der Waals surface area contributed by atoms with E-state index < -0.39 is 10.0 Å². The van der Waals surface area contributed by atoms with Gasteiger partial charge in [-0.05, 0) is 36.1 Å². The molecule has 26 heavy (non-hydrogen) atoms. The van der Waals surface area contributed by atoms with Crippen molar-refractivity contribution in [3.05, 3.63) is 65.7 Å². The van der Waals surface area contributed by atoms with Gasteiger partial charge in [0.05, 0.1) is 4.90 Å². The lowest BCUT2D eigenvalue weighted by Crippen LogP contribution is -2.40. The molecule has 2 aromatic rings. The van der Waals surface area contributed by atoms with Crippen molar-refractivity contribution in [1.29, 1.82) is 0 Å². The predicted octanol–water partition coefficient (Wildman–Crippen LogP) is 1.73. The molecule has 0 saturated heterocycles. The predicted molar refractivity (Wildman–Crippen MR) is 103 cm³/mol. The van der Waals surface area contributed by atoms with E-state index in [1.165, 1.54) is 11.6 Å². The first-order chi connectivity index (χ1) is 12.4. The summed E-state index contributed by atoms with van der Waals surface area (Å²) in [5, 5.41) is 11.8. The Morgan fingerprint density at radius 3 is 2.46 bits per heavy atom. The van der Waals surface area contributed by atoms with E-state index in [1.807, 2.05) is 12.1 Å². The molecule has 1 fully saturated rings. The van der Waals surface area contributed by atoms with Crippen LogP contribution in [-0.2, 0) is 22.0 Å². The van der Waals surface area contributed by atoms with Gasteiger partial charge in [-0.3, -0.25) is 4.99 Å². The second-order valence-corrected chi connectivity index (χ2v) is 8.18. The van der Waals surface area contributed by atoms with Crippen LogP contribution in [0.1, 0.15) is 24.0 Å². The van der Waals surface area contributed by atoms with E-state index in [0.717, 1.165) is 24.9 Å². The fraction of sp³-hybridized carbons (Fsp3) is 0.316. The van der Waals surface area contributed by atoms with Crippen LogP contribution >= 0.6 is 0 Å². The van der Waals surface area contributed by atoms with Crippen molar-refractivity contribution < 1.29 is 8.42 Å². The van der Waals surface area contributed by atoms with Crippen LogP contribution in [0.2, 0.25) is 0 Å². The summed E-state index contributed by atoms with van der Waals surface area (Å²) in [4.78, 5) is 4.36. The molecule has 0 aromatic heterocycles. The molecule has 0 bridgehead atoms. The molecule has 2 aromatic carbocycles. The molecule has 3 rings (SSSR count). The third-order valence-corrected chi connectivity index (χ3v) is 5.66. The zero-order valence-electron chi connectivity index (χ0n) is 14.8. The molecule has 0 heterocycles. The Hall–Kier alpha value is -2.38. The Morgan fingerprint density at radius 1 is 1.12 bits per heavy atom. The van der Waals surface area contributed by atoms with Crippen LogP contribution in [0.4, 0.5) is 0 Å². The van der Waals surface area contributed by atoms with Crippen molar-refractivity contribution in [1.82, 2.24) is 10.6 Å². The first-order valence-electron chi connectivity index (χ1n) is 8.55. The van der Waals surface area contributed by atoms with E-state index in [0.29, 0.717) is 12.5 Å². The second kappa shape index (κ2) is 7.47. The molecule has 0 radical (unpaired) electrons. The van der Waals surface area contributed by atoms with Gasteiger partial charge in [0.2, 0.25) is 10.0 Å². The molecule has 0 amide bonds. The highest BCUT2D eigenvalue weighted by Crippen LogP contribution is 2.47. The van der Waals surface area contributed by atoms with E-state index in [4.69, 9.17) is 5.14 Å². The van der Waals surface area contributed by atoms with Crippen LogP contribution in [-0.4, -0.2) is 28.0 Å². The number of hydrogen-bond acceptors (Lipinski definition) is 3. The normalized spacial score (nSPS) is 16.2. The maximum Gasteiger partial charge on any atom is 0.238 e. The van der Waals surface area contributed by atoms with Crippen molar-refractivity contribution in [2.45, 2.75) is 29.7 Å². The van der Waals surface area contributed by atoms with Gasteiger partial charge < -0.3 is 10.6 Å². The zero-order chi connectivity index (χ0) is 18.6. The molecule has 1 aliphatic carbocycles. The van der Waals surface area contributed by atoms with Gasteiger partial charge in [0, 0.05) is 25.6 Å². The number of guanidine groups is 1. The largest absolute Gasteiger partial charge is 0.356 e. The minimum Gasteiger partial charge on any atom is -0.356 e. The number of nitrogens with zero attached hydrogens (tertiary/aromatic N) is 1. The number of nitrogens with two attached hydrogens (primary N) is 1. The Morgan fingerprint density at radius 2 is 1.85 bits per heavy atom. The lowest BCUT2D eigenvalue weighted by molar-refractivity contribution is 0.597. The number of nitrogens with one attached hydrogen (secondary N) is 2. The van der Waals surface area contributed by atoms with Gasteiger partial charge >= 0.3 is 0 Å². The van der Waals surface area contributed by atoms with Gasteiger partial charge in [-0.25, -0.2) is 13.6 Å². The molecule has 1 aliphatic rings. The first kappa shape index (κ1) is 18.4. The van der Waals surface area contributed by atoms with E-state index in [1.54, 1.807) is 19.2 Å². The Labute approximate surface area is 154 Å². The number of rotatable bonds is 6. The van der Waals surface area contributed by atoms with Crippen LogP contribution in [0, 0.1) is 0 Å². The first-order valence-corrected chi connectivity index (χ1v) is 10.1. The SMILES string of the molecule is CN=C(NCc1cccc(S(N)(=O)=O)c1)NCC1(c2ccccc2)CC1. The summed E-state index contributed by atoms with van der Waals surface area (Å²) in [6.07, 6.45) is 2.33. The maximum atomic E-state index is 11.5. The van der Waals surface area contributed by atoms with E-state index >= 15 is 0 Å². The molecule has 6 nitrogen and oxygen atoms in total. The third-order valence-electron chi connectivity index (χ3n) is 4.74. The molecule has 1 saturated carbocycles. The van der Waals surface area contributed by atoms with Crippen molar-refractivity contribution in [2.75, 3.05) is 13.6 Å². The Bertz CT molecular complexity index is 891. The number of primary sulfonamides is 1. The van der Waals surface area contributed by atoms with Crippen LogP contribution in [0.5, 0.6) is 0 Å². The van der Waals surface area contributed by atoms with E-state index in [-0.39, 0.29) is 10.3 Å². The highest BCUT2D eigenvalue weighted by Gasteiger charge is 2.43. The summed E-state index contributed by atoms with van der Waals surface area (Å²) >= 11 is 0. The fourth-order valence-corrected chi connectivity index (χ4v) is 3.59. The summed E-state index contributed by atoms with van der Waals surface area (Å²) in [7, 11) is -1.97. The Kier molecular flexibility index (Phi) is 5.29. The highest BCUT2D eigenvalue weighted by molar-refractivity contribution is 7.89. The molecule has 4 N–H and O–H groups in total. The standard InChI is InChI=1S/C19H24N4O2S/c1-21-18(22-13-15-6-5-9-17(12-15)26(20,24)25)23-14-19(10-11-19)16-7-3-2-4-8-16/h2-9,12H,10-11,13-14H2,1H3,(H2,20,24,25)(H2,21,22,23). The maximum absolute atomic E-state index is 11.5. The summed E-state index contributed by atoms with van der Waals surface area (Å²) in [5.74, 6) is 0.688. The minimum absolute atomic E-state index is 0.112. The van der Waals surface area contributed by atoms with Gasteiger partial charge in [-0.2, -0.15) is 0 Å². The van der Waals surface area contributed by atoms with Crippen molar-refractivity contribution in [3.8, 4) is 0 Å². The number of aliphatic imine (C=N–C) groups is 1. The number of sulfonamides is 1. The van der Waals surface area contributed by atoms with E-state index in [9.17, 15) is 8.42 Å². The summed E-state index contributed by atoms with van der Waals surface area (Å²) < 4.78 is 22.9. The van der Waals surface area contributed by atoms with Gasteiger partial charge in [-0.15, -0.1) is 0 Å². The van der Waals surface area contributed by atoms with Gasteiger partial charge in [0.15, 0.2) is 5.96 Å². The molecule has 138 valence electrons. The van der Waals surface area contributed by atoms with Crippen LogP contribution in [0.3, 0.4) is 0 Å².